The Kier molecular flexibility index (Phi) is 3.64. The van der Waals surface area contributed by atoms with Gasteiger partial charge in [0.05, 0.1) is 0 Å². The highest BCUT2D eigenvalue weighted by molar-refractivity contribution is 5.91. The maximum absolute atomic E-state index is 11.9. The number of hydrogen-bond donors (Lipinski definition) is 3. The molecule has 0 spiro atoms. The number of carboxylic acid groups (broad SMARTS) is 1. The highest BCUT2D eigenvalue weighted by atomic mass is 16.4. The first kappa shape index (κ1) is 13.6. The van der Waals surface area contributed by atoms with E-state index in [1.807, 2.05) is 0 Å². The summed E-state index contributed by atoms with van der Waals surface area (Å²) in [6.07, 6.45) is 3.01. The molecule has 0 radical (unpaired) electrons. The van der Waals surface area contributed by atoms with Gasteiger partial charge in [0.1, 0.15) is 11.6 Å². The van der Waals surface area contributed by atoms with Gasteiger partial charge in [-0.3, -0.25) is 4.79 Å². The lowest BCUT2D eigenvalue weighted by atomic mass is 9.98. The lowest BCUT2D eigenvalue weighted by Crippen LogP contribution is -2.57. The van der Waals surface area contributed by atoms with E-state index in [1.54, 1.807) is 11.9 Å². The van der Waals surface area contributed by atoms with Gasteiger partial charge in [0.2, 0.25) is 5.91 Å². The Morgan fingerprint density at radius 1 is 1.37 bits per heavy atom. The summed E-state index contributed by atoms with van der Waals surface area (Å²) in [5.74, 6) is -1.14. The fourth-order valence-electron chi connectivity index (χ4n) is 2.74. The zero-order chi connectivity index (χ0) is 14.0. The van der Waals surface area contributed by atoms with Crippen molar-refractivity contribution in [2.75, 3.05) is 13.6 Å². The average molecular weight is 269 g/mol. The number of likely N-dealkylation sites (N-methyl/N-ethyl adjacent to an activating group) is 1. The van der Waals surface area contributed by atoms with Crippen LogP contribution in [0.4, 0.5) is 4.79 Å². The topological polar surface area (TPSA) is 98.7 Å². The Morgan fingerprint density at radius 3 is 2.47 bits per heavy atom. The number of carboxylic acids is 1. The molecule has 2 fully saturated rings. The van der Waals surface area contributed by atoms with Gasteiger partial charge in [-0.1, -0.05) is 12.8 Å². The zero-order valence-electron chi connectivity index (χ0n) is 10.9. The summed E-state index contributed by atoms with van der Waals surface area (Å²) in [6, 6.07) is -1.12. The third-order valence-electron chi connectivity index (χ3n) is 3.95. The van der Waals surface area contributed by atoms with Gasteiger partial charge in [0, 0.05) is 13.6 Å². The molecule has 106 valence electrons. The molecule has 3 N–H and O–H groups in total. The quantitative estimate of drug-likeness (QED) is 0.667. The van der Waals surface area contributed by atoms with Gasteiger partial charge < -0.3 is 20.6 Å². The molecular formula is C12H19N3O4. The van der Waals surface area contributed by atoms with Crippen LogP contribution in [0.5, 0.6) is 0 Å². The van der Waals surface area contributed by atoms with Crippen LogP contribution in [-0.2, 0) is 9.59 Å². The number of amides is 3. The maximum Gasteiger partial charge on any atom is 0.329 e. The molecular weight excluding hydrogens is 250 g/mol. The van der Waals surface area contributed by atoms with Gasteiger partial charge in [-0.2, -0.15) is 0 Å². The Bertz CT molecular complexity index is 404. The van der Waals surface area contributed by atoms with Crippen LogP contribution in [0, 0.1) is 0 Å². The fraction of sp³-hybridized carbons (Fsp3) is 0.750. The molecule has 7 heteroatoms. The first-order valence-corrected chi connectivity index (χ1v) is 6.52. The van der Waals surface area contributed by atoms with Crippen LogP contribution in [0.1, 0.15) is 32.1 Å². The van der Waals surface area contributed by atoms with Crippen molar-refractivity contribution < 1.29 is 19.5 Å². The van der Waals surface area contributed by atoms with Gasteiger partial charge in [-0.25, -0.2) is 9.59 Å². The van der Waals surface area contributed by atoms with E-state index in [4.69, 9.17) is 0 Å². The molecule has 2 aliphatic rings. The Balaban J connectivity index is 1.94. The lowest BCUT2D eigenvalue weighted by Gasteiger charge is -2.26. The van der Waals surface area contributed by atoms with Crippen molar-refractivity contribution in [3.05, 3.63) is 0 Å². The smallest absolute Gasteiger partial charge is 0.329 e. The molecule has 19 heavy (non-hydrogen) atoms. The summed E-state index contributed by atoms with van der Waals surface area (Å²) >= 11 is 0. The Morgan fingerprint density at radius 2 is 2.00 bits per heavy atom. The third-order valence-corrected chi connectivity index (χ3v) is 3.95. The molecule has 1 saturated heterocycles. The molecule has 3 amide bonds. The second-order valence-electron chi connectivity index (χ2n) is 5.29. The number of rotatable bonds is 3. The SMILES string of the molecule is CN1CCC(NC(=O)NC2(C(=O)O)CCCC2)C1=O. The number of nitrogens with zero attached hydrogens (tertiary/aromatic N) is 1. The third kappa shape index (κ3) is 2.64. The number of carbonyl (C=O) groups is 3. The van der Waals surface area contributed by atoms with Crippen LogP contribution in [0.15, 0.2) is 0 Å². The summed E-state index contributed by atoms with van der Waals surface area (Å²) in [6.45, 7) is 0.605. The number of hydrogen-bond acceptors (Lipinski definition) is 3. The van der Waals surface area contributed by atoms with Gasteiger partial charge in [-0.15, -0.1) is 0 Å². The first-order chi connectivity index (χ1) is 8.94. The second-order valence-corrected chi connectivity index (χ2v) is 5.29. The van der Waals surface area contributed by atoms with Crippen LogP contribution in [-0.4, -0.2) is 53.1 Å². The van der Waals surface area contributed by atoms with E-state index >= 15 is 0 Å². The highest BCUT2D eigenvalue weighted by Crippen LogP contribution is 2.29. The number of likely N-dealkylation sites (tertiary alicyclic amines) is 1. The van der Waals surface area contributed by atoms with Gasteiger partial charge in [-0.05, 0) is 19.3 Å². The molecule has 1 heterocycles. The largest absolute Gasteiger partial charge is 0.480 e. The first-order valence-electron chi connectivity index (χ1n) is 6.52. The molecule has 7 nitrogen and oxygen atoms in total. The monoisotopic (exact) mass is 269 g/mol. The van der Waals surface area contributed by atoms with E-state index in [0.29, 0.717) is 25.8 Å². The number of nitrogens with one attached hydrogen (secondary N) is 2. The fourth-order valence-corrected chi connectivity index (χ4v) is 2.74. The van der Waals surface area contributed by atoms with Crippen LogP contribution < -0.4 is 10.6 Å². The summed E-state index contributed by atoms with van der Waals surface area (Å²) in [7, 11) is 1.68. The molecule has 2 rings (SSSR count). The molecule has 0 bridgehead atoms. The summed E-state index contributed by atoms with van der Waals surface area (Å²) in [5, 5.41) is 14.3. The van der Waals surface area contributed by atoms with E-state index in [9.17, 15) is 19.5 Å². The van der Waals surface area contributed by atoms with Gasteiger partial charge in [0.25, 0.3) is 0 Å². The van der Waals surface area contributed by atoms with Gasteiger partial charge in [0.15, 0.2) is 0 Å². The maximum atomic E-state index is 11.9. The normalized spacial score (nSPS) is 25.4. The summed E-state index contributed by atoms with van der Waals surface area (Å²) < 4.78 is 0. The van der Waals surface area contributed by atoms with E-state index in [-0.39, 0.29) is 5.91 Å². The summed E-state index contributed by atoms with van der Waals surface area (Å²) in [4.78, 5) is 36.4. The molecule has 0 aromatic heterocycles. The van der Waals surface area contributed by atoms with Crippen molar-refractivity contribution in [2.24, 2.45) is 0 Å². The molecule has 1 saturated carbocycles. The van der Waals surface area contributed by atoms with E-state index in [2.05, 4.69) is 10.6 Å². The predicted octanol–water partition coefficient (Wildman–Crippen LogP) is -0.0863. The van der Waals surface area contributed by atoms with E-state index < -0.39 is 23.6 Å². The lowest BCUT2D eigenvalue weighted by molar-refractivity contribution is -0.144. The average Bonchev–Trinajstić information content (AvgIpc) is 2.92. The minimum atomic E-state index is -1.17. The Labute approximate surface area is 111 Å². The molecule has 0 aromatic rings. The van der Waals surface area contributed by atoms with Crippen molar-refractivity contribution in [2.45, 2.75) is 43.7 Å². The second kappa shape index (κ2) is 5.07. The molecule has 1 atom stereocenters. The number of urea groups is 1. The van der Waals surface area contributed by atoms with Crippen molar-refractivity contribution >= 4 is 17.9 Å². The molecule has 1 unspecified atom stereocenters. The van der Waals surface area contributed by atoms with Crippen molar-refractivity contribution in [3.8, 4) is 0 Å². The van der Waals surface area contributed by atoms with E-state index in [0.717, 1.165) is 12.8 Å². The number of aliphatic carboxylic acids is 1. The molecule has 1 aliphatic carbocycles. The van der Waals surface area contributed by atoms with Crippen LogP contribution in [0.2, 0.25) is 0 Å². The minimum absolute atomic E-state index is 0.133. The van der Waals surface area contributed by atoms with E-state index in [1.165, 1.54) is 0 Å². The minimum Gasteiger partial charge on any atom is -0.480 e. The van der Waals surface area contributed by atoms with Crippen LogP contribution in [0.3, 0.4) is 0 Å². The number of carbonyl (C=O) groups excluding carboxylic acids is 2. The standard InChI is InChI=1S/C12H19N3O4/c1-15-7-4-8(9(15)16)13-11(19)14-12(10(17)18)5-2-3-6-12/h8H,2-7H2,1H3,(H,17,18)(H2,13,14,19). The van der Waals surface area contributed by atoms with Crippen molar-refractivity contribution in [3.63, 3.8) is 0 Å². The highest BCUT2D eigenvalue weighted by Gasteiger charge is 2.43. The van der Waals surface area contributed by atoms with Crippen molar-refractivity contribution in [1.82, 2.24) is 15.5 Å². The van der Waals surface area contributed by atoms with Gasteiger partial charge >= 0.3 is 12.0 Å². The summed E-state index contributed by atoms with van der Waals surface area (Å²) in [5.41, 5.74) is -1.17. The Hall–Kier alpha value is -1.79. The molecule has 0 aromatic carbocycles. The van der Waals surface area contributed by atoms with Crippen molar-refractivity contribution in [1.29, 1.82) is 0 Å². The molecule has 1 aliphatic heterocycles. The predicted molar refractivity (Wildman–Crippen MR) is 66.5 cm³/mol. The van der Waals surface area contributed by atoms with Crippen LogP contribution in [0.25, 0.3) is 0 Å². The zero-order valence-corrected chi connectivity index (χ0v) is 10.9. The van der Waals surface area contributed by atoms with Crippen LogP contribution >= 0.6 is 0 Å².